The molecule has 0 aliphatic rings. The normalized spacial score (nSPS) is 14.7. The van der Waals surface area contributed by atoms with Crippen molar-refractivity contribution in [3.8, 4) is 0 Å². The van der Waals surface area contributed by atoms with Crippen LogP contribution in [0, 0.1) is 0 Å². The van der Waals surface area contributed by atoms with Gasteiger partial charge in [-0.15, -0.1) is 0 Å². The van der Waals surface area contributed by atoms with Crippen molar-refractivity contribution in [3.63, 3.8) is 0 Å². The van der Waals surface area contributed by atoms with Gasteiger partial charge in [0, 0.05) is 21.6 Å². The van der Waals surface area contributed by atoms with Crippen molar-refractivity contribution in [3.05, 3.63) is 33.3 Å². The lowest BCUT2D eigenvalue weighted by molar-refractivity contribution is 0.236. The molecule has 19 heavy (non-hydrogen) atoms. The van der Waals surface area contributed by atoms with Crippen LogP contribution in [0.4, 0.5) is 0 Å². The minimum absolute atomic E-state index is 0.00289. The van der Waals surface area contributed by atoms with Gasteiger partial charge in [0.1, 0.15) is 0 Å². The molecule has 0 aliphatic heterocycles. The zero-order chi connectivity index (χ0) is 14.4. The summed E-state index contributed by atoms with van der Waals surface area (Å²) in [5.74, 6) is 0. The fraction of sp³-hybridized carbons (Fsp3) is 0.600. The Bertz CT molecular complexity index is 398. The van der Waals surface area contributed by atoms with E-state index in [2.05, 4.69) is 41.7 Å². The molecule has 0 aromatic heterocycles. The summed E-state index contributed by atoms with van der Waals surface area (Å²) in [6.45, 7) is 5.48. The van der Waals surface area contributed by atoms with Gasteiger partial charge in [0.15, 0.2) is 0 Å². The Hall–Kier alpha value is -0.0900. The van der Waals surface area contributed by atoms with Crippen LogP contribution in [-0.2, 0) is 0 Å². The summed E-state index contributed by atoms with van der Waals surface area (Å²) >= 11 is 9.64. The first-order chi connectivity index (χ1) is 8.95. The van der Waals surface area contributed by atoms with E-state index in [0.717, 1.165) is 28.0 Å². The average Bonchev–Trinajstić information content (AvgIpc) is 2.35. The number of benzene rings is 1. The van der Waals surface area contributed by atoms with Gasteiger partial charge in [-0.3, -0.25) is 0 Å². The van der Waals surface area contributed by atoms with E-state index in [1.165, 1.54) is 12.8 Å². The van der Waals surface area contributed by atoms with Crippen LogP contribution < -0.4 is 5.73 Å². The molecule has 0 bridgehead atoms. The molecule has 108 valence electrons. The van der Waals surface area contributed by atoms with Gasteiger partial charge in [0.25, 0.3) is 0 Å². The lowest BCUT2D eigenvalue weighted by atomic mass is 10.0. The Morgan fingerprint density at radius 3 is 2.63 bits per heavy atom. The van der Waals surface area contributed by atoms with E-state index in [1.807, 2.05) is 18.2 Å². The van der Waals surface area contributed by atoms with Crippen LogP contribution in [0.2, 0.25) is 5.02 Å². The van der Waals surface area contributed by atoms with Crippen molar-refractivity contribution < 1.29 is 0 Å². The summed E-state index contributed by atoms with van der Waals surface area (Å²) in [6, 6.07) is 6.51. The molecule has 2 N–H and O–H groups in total. The van der Waals surface area contributed by atoms with Gasteiger partial charge in [-0.1, -0.05) is 46.9 Å². The molecule has 1 aromatic rings. The number of hydrogen-bond donors (Lipinski definition) is 1. The number of rotatable bonds is 7. The molecule has 0 heterocycles. The molecule has 4 heteroatoms. The third-order valence-corrected chi connectivity index (χ3v) is 4.43. The maximum atomic E-state index is 6.24. The first-order valence-electron chi connectivity index (χ1n) is 6.86. The smallest absolute Gasteiger partial charge is 0.0464 e. The summed E-state index contributed by atoms with van der Waals surface area (Å²) < 4.78 is 0.988. The zero-order valence-electron chi connectivity index (χ0n) is 12.0. The highest BCUT2D eigenvalue weighted by Gasteiger charge is 2.13. The minimum atomic E-state index is -0.00289. The highest BCUT2D eigenvalue weighted by Crippen LogP contribution is 2.27. The first-order valence-corrected chi connectivity index (χ1v) is 8.03. The van der Waals surface area contributed by atoms with Crippen LogP contribution in [0.15, 0.2) is 22.7 Å². The maximum absolute atomic E-state index is 6.24. The summed E-state index contributed by atoms with van der Waals surface area (Å²) in [4.78, 5) is 2.37. The van der Waals surface area contributed by atoms with E-state index < -0.39 is 0 Å². The summed E-state index contributed by atoms with van der Waals surface area (Å²) in [7, 11) is 2.16. The number of nitrogens with two attached hydrogens (primary N) is 1. The van der Waals surface area contributed by atoms with E-state index in [4.69, 9.17) is 17.3 Å². The topological polar surface area (TPSA) is 29.3 Å². The molecule has 1 rings (SSSR count). The summed E-state index contributed by atoms with van der Waals surface area (Å²) in [5, 5.41) is 0.742. The Morgan fingerprint density at radius 2 is 2.05 bits per heavy atom. The van der Waals surface area contributed by atoms with Crippen LogP contribution in [0.5, 0.6) is 0 Å². The molecule has 1 aromatic carbocycles. The van der Waals surface area contributed by atoms with E-state index in [1.54, 1.807) is 0 Å². The molecule has 0 aliphatic carbocycles. The van der Waals surface area contributed by atoms with Gasteiger partial charge in [0.2, 0.25) is 0 Å². The third-order valence-electron chi connectivity index (χ3n) is 3.61. The van der Waals surface area contributed by atoms with E-state index in [0.29, 0.717) is 6.04 Å². The van der Waals surface area contributed by atoms with Crippen molar-refractivity contribution in [2.75, 3.05) is 13.6 Å². The summed E-state index contributed by atoms with van der Waals surface area (Å²) in [5.41, 5.74) is 7.27. The second kappa shape index (κ2) is 8.25. The van der Waals surface area contributed by atoms with Crippen molar-refractivity contribution in [2.24, 2.45) is 5.73 Å². The fourth-order valence-corrected chi connectivity index (χ4v) is 2.97. The quantitative estimate of drug-likeness (QED) is 0.780. The molecule has 2 unspecified atom stereocenters. The fourth-order valence-electron chi connectivity index (χ4n) is 2.16. The molecular formula is C15H24BrClN2. The molecule has 0 saturated carbocycles. The number of hydrogen-bond acceptors (Lipinski definition) is 2. The molecule has 0 fully saturated rings. The third kappa shape index (κ3) is 5.42. The van der Waals surface area contributed by atoms with Crippen LogP contribution >= 0.6 is 27.5 Å². The van der Waals surface area contributed by atoms with Gasteiger partial charge in [-0.05, 0) is 51.1 Å². The summed E-state index contributed by atoms with van der Waals surface area (Å²) in [6.07, 6.45) is 3.37. The number of halogens is 2. The predicted molar refractivity (Wildman–Crippen MR) is 87.7 cm³/mol. The maximum Gasteiger partial charge on any atom is 0.0464 e. The highest BCUT2D eigenvalue weighted by atomic mass is 79.9. The monoisotopic (exact) mass is 346 g/mol. The van der Waals surface area contributed by atoms with Gasteiger partial charge in [-0.2, -0.15) is 0 Å². The van der Waals surface area contributed by atoms with Crippen molar-refractivity contribution in [2.45, 2.75) is 45.2 Å². The molecule has 0 spiro atoms. The molecule has 0 amide bonds. The lowest BCUT2D eigenvalue weighted by Gasteiger charge is -2.26. The minimum Gasteiger partial charge on any atom is -0.324 e. The zero-order valence-corrected chi connectivity index (χ0v) is 14.3. The van der Waals surface area contributed by atoms with Crippen LogP contribution in [0.3, 0.4) is 0 Å². The second-order valence-electron chi connectivity index (χ2n) is 5.18. The van der Waals surface area contributed by atoms with Crippen molar-refractivity contribution in [1.82, 2.24) is 4.90 Å². The van der Waals surface area contributed by atoms with Crippen molar-refractivity contribution >= 4 is 27.5 Å². The van der Waals surface area contributed by atoms with Gasteiger partial charge < -0.3 is 10.6 Å². The van der Waals surface area contributed by atoms with Crippen LogP contribution in [0.25, 0.3) is 0 Å². The van der Waals surface area contributed by atoms with Crippen LogP contribution in [-0.4, -0.2) is 24.5 Å². The molecule has 2 nitrogen and oxygen atoms in total. The van der Waals surface area contributed by atoms with Crippen LogP contribution in [0.1, 0.15) is 44.7 Å². The Balaban J connectivity index is 2.53. The number of nitrogens with zero attached hydrogens (tertiary/aromatic N) is 1. The lowest BCUT2D eigenvalue weighted by Crippen LogP contribution is -2.31. The van der Waals surface area contributed by atoms with E-state index >= 15 is 0 Å². The molecule has 2 atom stereocenters. The Kier molecular flexibility index (Phi) is 7.37. The standard InChI is InChI=1S/C15H24BrClN2/c1-4-5-11(2)19(3)9-8-15(18)13-7-6-12(16)10-14(13)17/h6-7,10-11,15H,4-5,8-9,18H2,1-3H3. The van der Waals surface area contributed by atoms with Crippen molar-refractivity contribution in [1.29, 1.82) is 0 Å². The molecule has 0 radical (unpaired) electrons. The predicted octanol–water partition coefficient (Wildman–Crippen LogP) is 4.61. The van der Waals surface area contributed by atoms with Gasteiger partial charge in [-0.25, -0.2) is 0 Å². The van der Waals surface area contributed by atoms with E-state index in [-0.39, 0.29) is 6.04 Å². The molecular weight excluding hydrogens is 324 g/mol. The highest BCUT2D eigenvalue weighted by molar-refractivity contribution is 9.10. The van der Waals surface area contributed by atoms with Gasteiger partial charge in [0.05, 0.1) is 0 Å². The Morgan fingerprint density at radius 1 is 1.37 bits per heavy atom. The first kappa shape index (κ1) is 17.0. The second-order valence-corrected chi connectivity index (χ2v) is 6.50. The largest absolute Gasteiger partial charge is 0.324 e. The average molecular weight is 348 g/mol. The Labute approximate surface area is 130 Å². The molecule has 0 saturated heterocycles. The van der Waals surface area contributed by atoms with Gasteiger partial charge >= 0.3 is 0 Å². The SMILES string of the molecule is CCCC(C)N(C)CCC(N)c1ccc(Br)cc1Cl. The van der Waals surface area contributed by atoms with E-state index in [9.17, 15) is 0 Å².